The normalized spacial score (nSPS) is 16.0. The third-order valence-corrected chi connectivity index (χ3v) is 4.83. The van der Waals surface area contributed by atoms with E-state index in [2.05, 4.69) is 10.6 Å². The highest BCUT2D eigenvalue weighted by Crippen LogP contribution is 2.24. The molecule has 0 spiro atoms. The molecule has 1 fully saturated rings. The van der Waals surface area contributed by atoms with E-state index >= 15 is 0 Å². The highest BCUT2D eigenvalue weighted by molar-refractivity contribution is 6.03. The van der Waals surface area contributed by atoms with E-state index in [9.17, 15) is 14.4 Å². The Kier molecular flexibility index (Phi) is 5.93. The largest absolute Gasteiger partial charge is 0.355 e. The van der Waals surface area contributed by atoms with Crippen molar-refractivity contribution in [3.8, 4) is 0 Å². The van der Waals surface area contributed by atoms with Gasteiger partial charge in [0.05, 0.1) is 0 Å². The molecule has 3 rings (SSSR count). The number of amides is 4. The second-order valence-electron chi connectivity index (χ2n) is 6.51. The molecular formula is C21H24N4O3. The number of para-hydroxylation sites is 1. The number of hydrogen-bond donors (Lipinski definition) is 2. The van der Waals surface area contributed by atoms with Crippen molar-refractivity contribution in [1.82, 2.24) is 10.2 Å². The summed E-state index contributed by atoms with van der Waals surface area (Å²) in [4.78, 5) is 40.7. The summed E-state index contributed by atoms with van der Waals surface area (Å²) in [5.41, 5.74) is 1.80. The number of hydrogen-bond acceptors (Lipinski definition) is 3. The molecule has 0 saturated carbocycles. The second kappa shape index (κ2) is 8.56. The van der Waals surface area contributed by atoms with Crippen LogP contribution in [0.5, 0.6) is 0 Å². The smallest absolute Gasteiger partial charge is 0.322 e. The van der Waals surface area contributed by atoms with Gasteiger partial charge in [-0.3, -0.25) is 9.59 Å². The fourth-order valence-corrected chi connectivity index (χ4v) is 3.40. The molecule has 2 N–H and O–H groups in total. The molecule has 7 heteroatoms. The SMILES string of the molecule is CCN(C(=O)Nc1cccc(C(=O)NC)c1)C1CCN(c2ccccc2)C1=O. The molecule has 2 aromatic rings. The molecule has 0 bridgehead atoms. The first-order valence-corrected chi connectivity index (χ1v) is 9.31. The fraction of sp³-hybridized carbons (Fsp3) is 0.286. The highest BCUT2D eigenvalue weighted by Gasteiger charge is 2.38. The van der Waals surface area contributed by atoms with Gasteiger partial charge in [-0.1, -0.05) is 24.3 Å². The van der Waals surface area contributed by atoms with Crippen LogP contribution in [-0.4, -0.2) is 48.9 Å². The molecule has 1 heterocycles. The van der Waals surface area contributed by atoms with Gasteiger partial charge in [0.2, 0.25) is 5.91 Å². The summed E-state index contributed by atoms with van der Waals surface area (Å²) < 4.78 is 0. The molecule has 7 nitrogen and oxygen atoms in total. The van der Waals surface area contributed by atoms with Crippen molar-refractivity contribution >= 4 is 29.2 Å². The van der Waals surface area contributed by atoms with E-state index in [1.54, 1.807) is 36.2 Å². The van der Waals surface area contributed by atoms with Crippen molar-refractivity contribution in [2.75, 3.05) is 30.4 Å². The molecule has 4 amide bonds. The summed E-state index contributed by atoms with van der Waals surface area (Å²) in [6.07, 6.45) is 0.577. The summed E-state index contributed by atoms with van der Waals surface area (Å²) in [6.45, 7) is 2.82. The van der Waals surface area contributed by atoms with E-state index in [1.807, 2.05) is 37.3 Å². The van der Waals surface area contributed by atoms with Crippen LogP contribution < -0.4 is 15.5 Å². The Morgan fingerprint density at radius 2 is 1.89 bits per heavy atom. The lowest BCUT2D eigenvalue weighted by Gasteiger charge is -2.27. The molecule has 0 radical (unpaired) electrons. The standard InChI is InChI=1S/C21H24N4O3/c1-3-24(18-12-13-25(20(18)27)17-10-5-4-6-11-17)21(28)23-16-9-7-8-15(14-16)19(26)22-2/h4-11,14,18H,3,12-13H2,1-2H3,(H,22,26)(H,23,28). The molecule has 0 aliphatic carbocycles. The summed E-state index contributed by atoms with van der Waals surface area (Å²) in [5, 5.41) is 5.36. The monoisotopic (exact) mass is 380 g/mol. The van der Waals surface area contributed by atoms with E-state index in [1.165, 1.54) is 4.90 Å². The van der Waals surface area contributed by atoms with Crippen molar-refractivity contribution in [3.05, 3.63) is 60.2 Å². The van der Waals surface area contributed by atoms with Crippen LogP contribution in [0.25, 0.3) is 0 Å². The lowest BCUT2D eigenvalue weighted by Crippen LogP contribution is -2.47. The minimum absolute atomic E-state index is 0.0812. The van der Waals surface area contributed by atoms with Gasteiger partial charge in [-0.25, -0.2) is 4.79 Å². The lowest BCUT2D eigenvalue weighted by atomic mass is 10.2. The average Bonchev–Trinajstić information content (AvgIpc) is 3.10. The third kappa shape index (κ3) is 3.98. The van der Waals surface area contributed by atoms with Crippen LogP contribution in [0.15, 0.2) is 54.6 Å². The number of carbonyl (C=O) groups excluding carboxylic acids is 3. The molecule has 28 heavy (non-hydrogen) atoms. The minimum atomic E-state index is -0.507. The molecule has 146 valence electrons. The van der Waals surface area contributed by atoms with Crippen LogP contribution in [0.1, 0.15) is 23.7 Å². The first-order valence-electron chi connectivity index (χ1n) is 9.31. The maximum atomic E-state index is 12.9. The zero-order valence-electron chi connectivity index (χ0n) is 16.0. The van der Waals surface area contributed by atoms with Crippen LogP contribution in [-0.2, 0) is 4.79 Å². The van der Waals surface area contributed by atoms with Gasteiger partial charge in [0.25, 0.3) is 5.91 Å². The number of nitrogens with zero attached hydrogens (tertiary/aromatic N) is 2. The van der Waals surface area contributed by atoms with Crippen molar-refractivity contribution in [1.29, 1.82) is 0 Å². The van der Waals surface area contributed by atoms with E-state index < -0.39 is 6.04 Å². The molecule has 1 aliphatic rings. The Hall–Kier alpha value is -3.35. The van der Waals surface area contributed by atoms with Gasteiger partial charge in [-0.2, -0.15) is 0 Å². The maximum absolute atomic E-state index is 12.9. The van der Waals surface area contributed by atoms with Crippen LogP contribution in [0.2, 0.25) is 0 Å². The van der Waals surface area contributed by atoms with Crippen LogP contribution in [0, 0.1) is 0 Å². The van der Waals surface area contributed by atoms with Gasteiger partial charge >= 0.3 is 6.03 Å². The van der Waals surface area contributed by atoms with Crippen molar-refractivity contribution in [3.63, 3.8) is 0 Å². The Bertz CT molecular complexity index is 869. The first kappa shape index (κ1) is 19.4. The zero-order valence-corrected chi connectivity index (χ0v) is 16.0. The second-order valence-corrected chi connectivity index (χ2v) is 6.51. The Morgan fingerprint density at radius 1 is 1.14 bits per heavy atom. The minimum Gasteiger partial charge on any atom is -0.355 e. The van der Waals surface area contributed by atoms with E-state index in [0.717, 1.165) is 5.69 Å². The number of rotatable bonds is 5. The molecule has 1 atom stereocenters. The lowest BCUT2D eigenvalue weighted by molar-refractivity contribution is -0.120. The van der Waals surface area contributed by atoms with Gasteiger partial charge in [0.15, 0.2) is 0 Å². The predicted octanol–water partition coefficient (Wildman–Crippen LogP) is 2.71. The van der Waals surface area contributed by atoms with Gasteiger partial charge in [0, 0.05) is 37.1 Å². The van der Waals surface area contributed by atoms with Crippen molar-refractivity contribution < 1.29 is 14.4 Å². The average molecular weight is 380 g/mol. The Morgan fingerprint density at radius 3 is 2.57 bits per heavy atom. The maximum Gasteiger partial charge on any atom is 0.322 e. The summed E-state index contributed by atoms with van der Waals surface area (Å²) in [6, 6.07) is 15.3. The van der Waals surface area contributed by atoms with E-state index in [0.29, 0.717) is 30.8 Å². The van der Waals surface area contributed by atoms with Gasteiger partial charge < -0.3 is 20.4 Å². The summed E-state index contributed by atoms with van der Waals surface area (Å²) in [5.74, 6) is -0.310. The quantitative estimate of drug-likeness (QED) is 0.837. The molecule has 1 unspecified atom stereocenters. The first-order chi connectivity index (χ1) is 13.5. The molecule has 1 aliphatic heterocycles. The number of carbonyl (C=O) groups is 3. The zero-order chi connectivity index (χ0) is 20.1. The van der Waals surface area contributed by atoms with Gasteiger partial charge in [-0.15, -0.1) is 0 Å². The van der Waals surface area contributed by atoms with Gasteiger partial charge in [0.1, 0.15) is 6.04 Å². The van der Waals surface area contributed by atoms with Crippen molar-refractivity contribution in [2.45, 2.75) is 19.4 Å². The topological polar surface area (TPSA) is 81.8 Å². The molecule has 2 aromatic carbocycles. The fourth-order valence-electron chi connectivity index (χ4n) is 3.40. The summed E-state index contributed by atoms with van der Waals surface area (Å²) >= 11 is 0. The Labute approximate surface area is 164 Å². The van der Waals surface area contributed by atoms with Crippen LogP contribution in [0.4, 0.5) is 16.2 Å². The molecular weight excluding hydrogens is 356 g/mol. The predicted molar refractivity (Wildman–Crippen MR) is 108 cm³/mol. The molecule has 0 aromatic heterocycles. The number of nitrogens with one attached hydrogen (secondary N) is 2. The Balaban J connectivity index is 1.72. The van der Waals surface area contributed by atoms with Crippen molar-refractivity contribution in [2.24, 2.45) is 0 Å². The number of anilines is 2. The van der Waals surface area contributed by atoms with Crippen LogP contribution in [0.3, 0.4) is 0 Å². The number of likely N-dealkylation sites (N-methyl/N-ethyl adjacent to an activating group) is 1. The van der Waals surface area contributed by atoms with Gasteiger partial charge in [-0.05, 0) is 43.7 Å². The van der Waals surface area contributed by atoms with E-state index in [4.69, 9.17) is 0 Å². The van der Waals surface area contributed by atoms with E-state index in [-0.39, 0.29) is 17.8 Å². The third-order valence-electron chi connectivity index (χ3n) is 4.83. The highest BCUT2D eigenvalue weighted by atomic mass is 16.2. The number of urea groups is 1. The summed E-state index contributed by atoms with van der Waals surface area (Å²) in [7, 11) is 1.55. The number of benzene rings is 2. The molecule has 1 saturated heterocycles. The van der Waals surface area contributed by atoms with Crippen LogP contribution >= 0.6 is 0 Å².